The zero-order valence-electron chi connectivity index (χ0n) is 28.0. The fourth-order valence-electron chi connectivity index (χ4n) is 5.73. The van der Waals surface area contributed by atoms with Crippen molar-refractivity contribution in [1.29, 1.82) is 0 Å². The smallest absolute Gasteiger partial charge is 0.395 e. The molecule has 0 aromatic rings. The van der Waals surface area contributed by atoms with E-state index in [4.69, 9.17) is 19.2 Å². The maximum Gasteiger partial charge on any atom is 0.466 e. The number of aliphatic hydroxyl groups is 2. The van der Waals surface area contributed by atoms with E-state index < -0.39 is 7.82 Å². The Morgan fingerprint density at radius 2 is 0.762 bits per heavy atom. The summed E-state index contributed by atoms with van der Waals surface area (Å²) in [5.74, 6) is 0. The van der Waals surface area contributed by atoms with Crippen LogP contribution in [-0.2, 0) is 4.57 Å². The molecule has 7 nitrogen and oxygen atoms in total. The third-order valence-electron chi connectivity index (χ3n) is 8.30. The predicted octanol–water partition coefficient (Wildman–Crippen LogP) is 9.29. The highest BCUT2D eigenvalue weighted by molar-refractivity contribution is 7.45. The molecule has 0 radical (unpaired) electrons. The van der Waals surface area contributed by atoms with E-state index >= 15 is 0 Å². The lowest BCUT2D eigenvalue weighted by Gasteiger charge is -2.30. The summed E-state index contributed by atoms with van der Waals surface area (Å²) in [7, 11) is -4.64. The van der Waals surface area contributed by atoms with Gasteiger partial charge in [-0.1, -0.05) is 174 Å². The van der Waals surface area contributed by atoms with Crippen molar-refractivity contribution in [3.63, 3.8) is 0 Å². The number of nitrogens with zero attached hydrogens (tertiary/aromatic N) is 1. The average molecular weight is 624 g/mol. The van der Waals surface area contributed by atoms with E-state index in [1.165, 1.54) is 167 Å². The first-order valence-electron chi connectivity index (χ1n) is 18.0. The number of hydrogen-bond acceptors (Lipinski definition) is 4. The third kappa shape index (κ3) is 40.0. The SMILES string of the molecule is CCCCCCCCCCCCCCCCCCC(CO)N(CCO)CCCCCCCCCCCC.O=P(O)(O)O. The number of unbranched alkanes of at least 4 members (excludes halogenated alkanes) is 24. The monoisotopic (exact) mass is 624 g/mol. The maximum absolute atomic E-state index is 9.99. The molecule has 0 aliphatic rings. The molecule has 256 valence electrons. The van der Waals surface area contributed by atoms with Crippen molar-refractivity contribution in [2.24, 2.45) is 0 Å². The summed E-state index contributed by atoms with van der Waals surface area (Å²) in [6.45, 7) is 6.75. The van der Waals surface area contributed by atoms with Gasteiger partial charge in [-0.2, -0.15) is 0 Å². The van der Waals surface area contributed by atoms with Crippen LogP contribution in [0.1, 0.15) is 187 Å². The second kappa shape index (κ2) is 35.5. The lowest BCUT2D eigenvalue weighted by Crippen LogP contribution is -2.40. The summed E-state index contributed by atoms with van der Waals surface area (Å²) in [6, 6.07) is 0.234. The average Bonchev–Trinajstić information content (AvgIpc) is 2.94. The van der Waals surface area contributed by atoms with Crippen molar-refractivity contribution in [3.05, 3.63) is 0 Å². The van der Waals surface area contributed by atoms with E-state index in [2.05, 4.69) is 18.7 Å². The molecule has 0 saturated heterocycles. The Bertz CT molecular complexity index is 540. The van der Waals surface area contributed by atoms with Crippen molar-refractivity contribution in [3.8, 4) is 0 Å². The molecule has 0 saturated carbocycles. The molecule has 0 fully saturated rings. The molecule has 0 rings (SSSR count). The lowest BCUT2D eigenvalue weighted by molar-refractivity contribution is 0.0926. The van der Waals surface area contributed by atoms with E-state index in [1.807, 2.05) is 0 Å². The van der Waals surface area contributed by atoms with Gasteiger partial charge in [0.2, 0.25) is 0 Å². The Kier molecular flexibility index (Phi) is 37.3. The fourth-order valence-corrected chi connectivity index (χ4v) is 5.73. The Balaban J connectivity index is 0. The molecule has 0 bridgehead atoms. The summed E-state index contributed by atoms with van der Waals surface area (Å²) in [6.07, 6.45) is 37.0. The third-order valence-corrected chi connectivity index (χ3v) is 8.30. The topological polar surface area (TPSA) is 121 Å². The molecule has 0 amide bonds. The first-order valence-corrected chi connectivity index (χ1v) is 19.6. The molecule has 0 aliphatic heterocycles. The van der Waals surface area contributed by atoms with Gasteiger partial charge in [-0.15, -0.1) is 0 Å². The van der Waals surface area contributed by atoms with Crippen LogP contribution in [0.15, 0.2) is 0 Å². The minimum atomic E-state index is -4.64. The van der Waals surface area contributed by atoms with E-state index in [0.29, 0.717) is 6.54 Å². The molecule has 0 aromatic carbocycles. The van der Waals surface area contributed by atoms with Crippen LogP contribution in [0.3, 0.4) is 0 Å². The van der Waals surface area contributed by atoms with E-state index in [1.54, 1.807) is 0 Å². The van der Waals surface area contributed by atoms with Gasteiger partial charge in [0.05, 0.1) is 13.2 Å². The van der Waals surface area contributed by atoms with Gasteiger partial charge >= 0.3 is 7.82 Å². The molecule has 5 N–H and O–H groups in total. The number of phosphoric acid groups is 1. The Morgan fingerprint density at radius 3 is 1.05 bits per heavy atom. The number of aliphatic hydroxyl groups excluding tert-OH is 2. The normalized spacial score (nSPS) is 12.5. The van der Waals surface area contributed by atoms with Gasteiger partial charge in [-0.3, -0.25) is 4.90 Å². The van der Waals surface area contributed by atoms with Crippen molar-refractivity contribution in [2.75, 3.05) is 26.3 Å². The standard InChI is InChI=1S/C34H71NO2.H3O4P/c1-3-5-7-9-11-13-15-16-17-18-19-20-21-23-25-27-29-34(33-37)35(31-32-36)30-28-26-24-22-14-12-10-8-6-4-2;1-5(2,3)4/h34,36-37H,3-33H2,1-2H3;(H3,1,2,3,4). The molecule has 0 aromatic heterocycles. The Hall–Kier alpha value is -0.0100. The Labute approximate surface area is 261 Å². The first kappa shape index (κ1) is 44.1. The van der Waals surface area contributed by atoms with Crippen molar-refractivity contribution in [2.45, 2.75) is 193 Å². The summed E-state index contributed by atoms with van der Waals surface area (Å²) >= 11 is 0. The van der Waals surface area contributed by atoms with Crippen LogP contribution in [0.2, 0.25) is 0 Å². The molecule has 0 spiro atoms. The number of rotatable bonds is 32. The van der Waals surface area contributed by atoms with Crippen LogP contribution in [-0.4, -0.2) is 62.1 Å². The molecule has 1 atom stereocenters. The van der Waals surface area contributed by atoms with Gasteiger partial charge in [-0.25, -0.2) is 4.57 Å². The molecular formula is C34H74NO6P. The van der Waals surface area contributed by atoms with Crippen LogP contribution in [0.25, 0.3) is 0 Å². The highest BCUT2D eigenvalue weighted by Gasteiger charge is 2.16. The van der Waals surface area contributed by atoms with Gasteiger partial charge in [0.25, 0.3) is 0 Å². The zero-order valence-corrected chi connectivity index (χ0v) is 28.9. The first-order chi connectivity index (χ1) is 20.3. The predicted molar refractivity (Wildman–Crippen MR) is 180 cm³/mol. The van der Waals surface area contributed by atoms with Crippen molar-refractivity contribution < 1.29 is 29.5 Å². The highest BCUT2D eigenvalue weighted by Crippen LogP contribution is 2.25. The zero-order chi connectivity index (χ0) is 31.6. The maximum atomic E-state index is 9.99. The van der Waals surface area contributed by atoms with E-state index in [9.17, 15) is 10.2 Å². The van der Waals surface area contributed by atoms with Crippen LogP contribution >= 0.6 is 7.82 Å². The molecule has 1 unspecified atom stereocenters. The van der Waals surface area contributed by atoms with E-state index in [-0.39, 0.29) is 19.3 Å². The van der Waals surface area contributed by atoms with Crippen LogP contribution in [0.5, 0.6) is 0 Å². The molecule has 0 heterocycles. The fraction of sp³-hybridized carbons (Fsp3) is 1.00. The van der Waals surface area contributed by atoms with Crippen LogP contribution < -0.4 is 0 Å². The van der Waals surface area contributed by atoms with Crippen LogP contribution in [0.4, 0.5) is 0 Å². The highest BCUT2D eigenvalue weighted by atomic mass is 31.2. The summed E-state index contributed by atoms with van der Waals surface area (Å²) in [5.41, 5.74) is 0. The number of hydrogen-bond donors (Lipinski definition) is 5. The minimum Gasteiger partial charge on any atom is -0.395 e. The van der Waals surface area contributed by atoms with Gasteiger partial charge in [-0.05, 0) is 19.4 Å². The molecule has 42 heavy (non-hydrogen) atoms. The summed E-state index contributed by atoms with van der Waals surface area (Å²) in [5, 5.41) is 19.5. The quantitative estimate of drug-likeness (QED) is 0.0374. The minimum absolute atomic E-state index is 0.202. The molecular weight excluding hydrogens is 549 g/mol. The van der Waals surface area contributed by atoms with Gasteiger partial charge in [0, 0.05) is 12.6 Å². The second-order valence-corrected chi connectivity index (χ2v) is 13.4. The van der Waals surface area contributed by atoms with Gasteiger partial charge in [0.15, 0.2) is 0 Å². The summed E-state index contributed by atoms with van der Waals surface area (Å²) in [4.78, 5) is 23.9. The lowest BCUT2D eigenvalue weighted by atomic mass is 10.0. The molecule has 0 aliphatic carbocycles. The van der Waals surface area contributed by atoms with E-state index in [0.717, 1.165) is 13.0 Å². The second-order valence-electron chi connectivity index (χ2n) is 12.4. The summed E-state index contributed by atoms with van der Waals surface area (Å²) < 4.78 is 8.88. The van der Waals surface area contributed by atoms with Gasteiger partial charge < -0.3 is 24.9 Å². The van der Waals surface area contributed by atoms with Crippen molar-refractivity contribution in [1.82, 2.24) is 4.90 Å². The van der Waals surface area contributed by atoms with Gasteiger partial charge in [0.1, 0.15) is 0 Å². The molecule has 8 heteroatoms. The largest absolute Gasteiger partial charge is 0.466 e. The van der Waals surface area contributed by atoms with Crippen LogP contribution in [0, 0.1) is 0 Å². The van der Waals surface area contributed by atoms with Crippen molar-refractivity contribution >= 4 is 7.82 Å². The Morgan fingerprint density at radius 1 is 0.476 bits per heavy atom.